The number of nitrogens with zero attached hydrogens (tertiary/aromatic N) is 1. The highest BCUT2D eigenvalue weighted by molar-refractivity contribution is 5.96. The van der Waals surface area contributed by atoms with Gasteiger partial charge in [0.2, 0.25) is 0 Å². The molecular formula is C18H23F3N2O3. The third-order valence-electron chi connectivity index (χ3n) is 4.11. The van der Waals surface area contributed by atoms with Crippen molar-refractivity contribution in [2.24, 2.45) is 5.92 Å². The van der Waals surface area contributed by atoms with Crippen LogP contribution in [0.5, 0.6) is 0 Å². The predicted molar refractivity (Wildman–Crippen MR) is 89.7 cm³/mol. The summed E-state index contributed by atoms with van der Waals surface area (Å²) >= 11 is 0. The molecule has 1 fully saturated rings. The van der Waals surface area contributed by atoms with Gasteiger partial charge in [0.05, 0.1) is 17.7 Å². The molecule has 26 heavy (non-hydrogen) atoms. The highest BCUT2D eigenvalue weighted by Crippen LogP contribution is 2.32. The lowest BCUT2D eigenvalue weighted by atomic mass is 10.0. The number of piperidine rings is 1. The van der Waals surface area contributed by atoms with Crippen LogP contribution in [0.1, 0.15) is 42.6 Å². The fourth-order valence-corrected chi connectivity index (χ4v) is 2.76. The average Bonchev–Trinajstić information content (AvgIpc) is 2.59. The van der Waals surface area contributed by atoms with Gasteiger partial charge in [0.15, 0.2) is 0 Å². The summed E-state index contributed by atoms with van der Waals surface area (Å²) in [4.78, 5) is 25.5. The van der Waals surface area contributed by atoms with Gasteiger partial charge >= 0.3 is 12.3 Å². The number of carbonyl (C=O) groups is 2. The van der Waals surface area contributed by atoms with Crippen LogP contribution in [0.2, 0.25) is 0 Å². The Morgan fingerprint density at radius 1 is 1.23 bits per heavy atom. The van der Waals surface area contributed by atoms with Gasteiger partial charge in [-0.3, -0.25) is 4.79 Å². The Morgan fingerprint density at radius 2 is 1.85 bits per heavy atom. The van der Waals surface area contributed by atoms with Crippen LogP contribution in [-0.4, -0.2) is 42.6 Å². The van der Waals surface area contributed by atoms with E-state index in [2.05, 4.69) is 5.32 Å². The van der Waals surface area contributed by atoms with Crippen molar-refractivity contribution in [1.29, 1.82) is 0 Å². The molecule has 0 aromatic heterocycles. The normalized spacial score (nSPS) is 15.8. The minimum atomic E-state index is -4.58. The molecule has 1 aromatic carbocycles. The van der Waals surface area contributed by atoms with E-state index in [1.165, 1.54) is 23.1 Å². The summed E-state index contributed by atoms with van der Waals surface area (Å²) in [6.07, 6.45) is -4.15. The lowest BCUT2D eigenvalue weighted by molar-refractivity contribution is -0.138. The minimum Gasteiger partial charge on any atom is -0.449 e. The summed E-state index contributed by atoms with van der Waals surface area (Å²) in [6, 6.07) is 4.63. The van der Waals surface area contributed by atoms with E-state index >= 15 is 0 Å². The van der Waals surface area contributed by atoms with Gasteiger partial charge < -0.3 is 15.0 Å². The van der Waals surface area contributed by atoms with E-state index in [1.807, 2.05) is 13.8 Å². The van der Waals surface area contributed by atoms with Crippen LogP contribution in [0.4, 0.5) is 18.0 Å². The molecule has 5 nitrogen and oxygen atoms in total. The van der Waals surface area contributed by atoms with Gasteiger partial charge in [-0.25, -0.2) is 4.79 Å². The maximum atomic E-state index is 13.1. The summed E-state index contributed by atoms with van der Waals surface area (Å²) < 4.78 is 44.3. The molecule has 1 heterocycles. The summed E-state index contributed by atoms with van der Waals surface area (Å²) in [6.45, 7) is 4.73. The smallest absolute Gasteiger partial charge is 0.417 e. The van der Waals surface area contributed by atoms with Gasteiger partial charge in [-0.05, 0) is 30.9 Å². The van der Waals surface area contributed by atoms with E-state index < -0.39 is 23.7 Å². The Hall–Kier alpha value is -2.25. The quantitative estimate of drug-likeness (QED) is 0.877. The van der Waals surface area contributed by atoms with Crippen molar-refractivity contribution in [3.05, 3.63) is 35.4 Å². The number of nitrogens with one attached hydrogen (secondary N) is 1. The van der Waals surface area contributed by atoms with E-state index in [0.717, 1.165) is 6.07 Å². The van der Waals surface area contributed by atoms with Gasteiger partial charge in [-0.1, -0.05) is 26.0 Å². The van der Waals surface area contributed by atoms with Crippen molar-refractivity contribution < 1.29 is 27.5 Å². The van der Waals surface area contributed by atoms with E-state index in [4.69, 9.17) is 4.74 Å². The Bertz CT molecular complexity index is 639. The molecule has 8 heteroatoms. The standard InChI is InChI=1S/C18H23F3N2O3/c1-12(2)11-26-17(25)22-13-7-9-23(10-8-13)16(24)14-5-3-4-6-15(14)18(19,20)21/h3-6,12-13H,7-11H2,1-2H3,(H,22,25). The molecule has 0 spiro atoms. The van der Waals surface area contributed by atoms with E-state index in [0.29, 0.717) is 19.4 Å². The number of amides is 2. The third-order valence-corrected chi connectivity index (χ3v) is 4.11. The Morgan fingerprint density at radius 3 is 2.42 bits per heavy atom. The molecule has 2 amide bonds. The maximum Gasteiger partial charge on any atom is 0.417 e. The summed E-state index contributed by atoms with van der Waals surface area (Å²) in [5.74, 6) is -0.410. The van der Waals surface area contributed by atoms with Crippen molar-refractivity contribution >= 4 is 12.0 Å². The predicted octanol–water partition coefficient (Wildman–Crippen LogP) is 3.69. The van der Waals surface area contributed by atoms with Crippen LogP contribution < -0.4 is 5.32 Å². The molecule has 0 radical (unpaired) electrons. The summed E-state index contributed by atoms with van der Waals surface area (Å²) in [5.41, 5.74) is -1.27. The Balaban J connectivity index is 1.92. The molecule has 1 N–H and O–H groups in total. The van der Waals surface area contributed by atoms with Crippen LogP contribution in [-0.2, 0) is 10.9 Å². The van der Waals surface area contributed by atoms with E-state index in [1.54, 1.807) is 0 Å². The van der Waals surface area contributed by atoms with E-state index in [-0.39, 0.29) is 30.6 Å². The molecule has 1 aliphatic rings. The van der Waals surface area contributed by atoms with Crippen LogP contribution in [0.25, 0.3) is 0 Å². The van der Waals surface area contributed by atoms with Gasteiger partial charge in [0.25, 0.3) is 5.91 Å². The highest BCUT2D eigenvalue weighted by Gasteiger charge is 2.36. The SMILES string of the molecule is CC(C)COC(=O)NC1CCN(C(=O)c2ccccc2C(F)(F)F)CC1. The topological polar surface area (TPSA) is 58.6 Å². The molecule has 144 valence electrons. The molecule has 1 aliphatic heterocycles. The monoisotopic (exact) mass is 372 g/mol. The van der Waals surface area contributed by atoms with Crippen molar-refractivity contribution in [3.63, 3.8) is 0 Å². The first kappa shape index (κ1) is 20.1. The fourth-order valence-electron chi connectivity index (χ4n) is 2.76. The third kappa shape index (κ3) is 5.37. The van der Waals surface area contributed by atoms with Crippen molar-refractivity contribution in [2.75, 3.05) is 19.7 Å². The van der Waals surface area contributed by atoms with Gasteiger partial charge in [-0.15, -0.1) is 0 Å². The maximum absolute atomic E-state index is 13.1. The Kier molecular flexibility index (Phi) is 6.50. The zero-order valence-corrected chi connectivity index (χ0v) is 14.8. The summed E-state index contributed by atoms with van der Waals surface area (Å²) in [5, 5.41) is 2.73. The molecule has 1 aromatic rings. The molecule has 1 saturated heterocycles. The molecule has 0 aliphatic carbocycles. The number of hydrogen-bond acceptors (Lipinski definition) is 3. The van der Waals surface area contributed by atoms with Crippen LogP contribution in [0.3, 0.4) is 0 Å². The molecular weight excluding hydrogens is 349 g/mol. The van der Waals surface area contributed by atoms with Gasteiger partial charge in [0.1, 0.15) is 0 Å². The lowest BCUT2D eigenvalue weighted by Gasteiger charge is -2.32. The van der Waals surface area contributed by atoms with Crippen molar-refractivity contribution in [1.82, 2.24) is 10.2 Å². The first-order valence-corrected chi connectivity index (χ1v) is 8.57. The van der Waals surface area contributed by atoms with Gasteiger partial charge in [0, 0.05) is 19.1 Å². The second kappa shape index (κ2) is 8.42. The van der Waals surface area contributed by atoms with Crippen LogP contribution in [0.15, 0.2) is 24.3 Å². The second-order valence-electron chi connectivity index (χ2n) is 6.75. The highest BCUT2D eigenvalue weighted by atomic mass is 19.4. The van der Waals surface area contributed by atoms with Crippen LogP contribution >= 0.6 is 0 Å². The molecule has 0 saturated carbocycles. The van der Waals surface area contributed by atoms with Crippen LogP contribution in [0, 0.1) is 5.92 Å². The first-order valence-electron chi connectivity index (χ1n) is 8.57. The van der Waals surface area contributed by atoms with E-state index in [9.17, 15) is 22.8 Å². The minimum absolute atomic E-state index is 0.156. The largest absolute Gasteiger partial charge is 0.449 e. The number of benzene rings is 1. The number of halogens is 3. The zero-order valence-electron chi connectivity index (χ0n) is 14.8. The van der Waals surface area contributed by atoms with Crippen molar-refractivity contribution in [3.8, 4) is 0 Å². The second-order valence-corrected chi connectivity index (χ2v) is 6.75. The number of likely N-dealkylation sites (tertiary alicyclic amines) is 1. The number of hydrogen-bond donors (Lipinski definition) is 1. The number of ether oxygens (including phenoxy) is 1. The number of rotatable bonds is 4. The number of carbonyl (C=O) groups excluding carboxylic acids is 2. The molecule has 0 atom stereocenters. The zero-order chi connectivity index (χ0) is 19.3. The molecule has 0 bridgehead atoms. The first-order chi connectivity index (χ1) is 12.2. The fraction of sp³-hybridized carbons (Fsp3) is 0.556. The number of alkyl halides is 3. The number of alkyl carbamates (subject to hydrolysis) is 1. The lowest BCUT2D eigenvalue weighted by Crippen LogP contribution is -2.47. The van der Waals surface area contributed by atoms with Gasteiger partial charge in [-0.2, -0.15) is 13.2 Å². The average molecular weight is 372 g/mol. The Labute approximate surface area is 150 Å². The van der Waals surface area contributed by atoms with Crippen molar-refractivity contribution in [2.45, 2.75) is 38.9 Å². The molecule has 2 rings (SSSR count). The summed E-state index contributed by atoms with van der Waals surface area (Å²) in [7, 11) is 0. The molecule has 0 unspecified atom stereocenters.